The predicted molar refractivity (Wildman–Crippen MR) is 84.2 cm³/mol. The molecule has 3 heteroatoms. The molecule has 4 atom stereocenters. The Morgan fingerprint density at radius 2 is 2.06 bits per heavy atom. The molecule has 1 aromatic heterocycles. The van der Waals surface area contributed by atoms with Crippen molar-refractivity contribution in [2.24, 2.45) is 17.8 Å². The summed E-state index contributed by atoms with van der Waals surface area (Å²) in [6, 6.07) is 2.88. The third-order valence-electron chi connectivity index (χ3n) is 4.60. The lowest BCUT2D eigenvalue weighted by Crippen LogP contribution is -2.31. The number of aryl methyl sites for hydroxylation is 1. The molecule has 1 aromatic rings. The van der Waals surface area contributed by atoms with Crippen molar-refractivity contribution in [3.63, 3.8) is 0 Å². The van der Waals surface area contributed by atoms with Crippen LogP contribution in [0.2, 0.25) is 0 Å². The summed E-state index contributed by atoms with van der Waals surface area (Å²) in [6.07, 6.45) is 4.11. The molecule has 1 nitrogen and oxygen atoms in total. The van der Waals surface area contributed by atoms with Gasteiger partial charge in [-0.05, 0) is 72.1 Å². The lowest BCUT2D eigenvalue weighted by Gasteiger charge is -2.36. The van der Waals surface area contributed by atoms with Gasteiger partial charge >= 0.3 is 0 Å². The minimum absolute atomic E-state index is 0.537. The fourth-order valence-electron chi connectivity index (χ4n) is 3.14. The quantitative estimate of drug-likeness (QED) is 0.808. The smallest absolute Gasteiger partial charge is 0.0731 e. The van der Waals surface area contributed by atoms with E-state index in [1.54, 1.807) is 0 Å². The van der Waals surface area contributed by atoms with Crippen LogP contribution in [0.1, 0.15) is 49.6 Å². The molecular formula is C15H24BrNS. The van der Waals surface area contributed by atoms with E-state index in [-0.39, 0.29) is 0 Å². The second-order valence-corrected chi connectivity index (χ2v) is 8.30. The van der Waals surface area contributed by atoms with Gasteiger partial charge in [-0.1, -0.05) is 20.3 Å². The van der Waals surface area contributed by atoms with Gasteiger partial charge in [-0.2, -0.15) is 0 Å². The van der Waals surface area contributed by atoms with Crippen LogP contribution >= 0.6 is 27.3 Å². The van der Waals surface area contributed by atoms with Crippen LogP contribution in [0.15, 0.2) is 9.85 Å². The lowest BCUT2D eigenvalue weighted by atomic mass is 9.73. The van der Waals surface area contributed by atoms with E-state index in [0.717, 1.165) is 17.8 Å². The normalized spacial score (nSPS) is 30.4. The molecule has 102 valence electrons. The number of rotatable bonds is 3. The summed E-state index contributed by atoms with van der Waals surface area (Å²) in [5, 5.41) is 3.55. The molecule has 1 heterocycles. The maximum Gasteiger partial charge on any atom is 0.0731 e. The summed E-state index contributed by atoms with van der Waals surface area (Å²) in [6.45, 7) is 7.00. The van der Waals surface area contributed by atoms with Gasteiger partial charge in [0.1, 0.15) is 0 Å². The van der Waals surface area contributed by atoms with Gasteiger partial charge < -0.3 is 5.32 Å². The van der Waals surface area contributed by atoms with Gasteiger partial charge in [0.05, 0.1) is 3.79 Å². The van der Waals surface area contributed by atoms with Gasteiger partial charge in [-0.15, -0.1) is 11.3 Å². The van der Waals surface area contributed by atoms with Crippen molar-refractivity contribution < 1.29 is 0 Å². The Balaban J connectivity index is 2.13. The summed E-state index contributed by atoms with van der Waals surface area (Å²) >= 11 is 5.55. The molecule has 0 spiro atoms. The third-order valence-corrected chi connectivity index (χ3v) is 6.82. The summed E-state index contributed by atoms with van der Waals surface area (Å²) in [5.41, 5.74) is 1.37. The average Bonchev–Trinajstić information content (AvgIpc) is 2.65. The number of thiophene rings is 1. The minimum atomic E-state index is 0.537. The molecule has 18 heavy (non-hydrogen) atoms. The van der Waals surface area contributed by atoms with Crippen molar-refractivity contribution in [1.82, 2.24) is 5.32 Å². The molecule has 4 unspecified atom stereocenters. The van der Waals surface area contributed by atoms with Crippen molar-refractivity contribution in [1.29, 1.82) is 0 Å². The van der Waals surface area contributed by atoms with Gasteiger partial charge in [-0.3, -0.25) is 0 Å². The molecule has 1 fully saturated rings. The number of hydrogen-bond donors (Lipinski definition) is 1. The van der Waals surface area contributed by atoms with Crippen LogP contribution in [-0.2, 0) is 0 Å². The van der Waals surface area contributed by atoms with Crippen molar-refractivity contribution >= 4 is 27.3 Å². The maximum atomic E-state index is 3.65. The molecule has 0 aromatic carbocycles. The molecule has 1 N–H and O–H groups in total. The van der Waals surface area contributed by atoms with Gasteiger partial charge in [0.2, 0.25) is 0 Å². The fraction of sp³-hybridized carbons (Fsp3) is 0.733. The van der Waals surface area contributed by atoms with E-state index in [2.05, 4.69) is 55.1 Å². The van der Waals surface area contributed by atoms with Crippen LogP contribution in [0, 0.1) is 24.7 Å². The topological polar surface area (TPSA) is 12.0 Å². The Kier molecular flexibility index (Phi) is 4.90. The molecule has 0 aliphatic heterocycles. The van der Waals surface area contributed by atoms with Gasteiger partial charge in [0.15, 0.2) is 0 Å². The Bertz CT molecular complexity index is 382. The fourth-order valence-corrected chi connectivity index (χ4v) is 4.91. The highest BCUT2D eigenvalue weighted by molar-refractivity contribution is 9.11. The summed E-state index contributed by atoms with van der Waals surface area (Å²) in [7, 11) is 2.11. The van der Waals surface area contributed by atoms with Crippen LogP contribution in [0.4, 0.5) is 0 Å². The Labute approximate surface area is 123 Å². The van der Waals surface area contributed by atoms with E-state index in [1.807, 2.05) is 11.3 Å². The first-order valence-electron chi connectivity index (χ1n) is 6.96. The van der Waals surface area contributed by atoms with Crippen LogP contribution in [0.5, 0.6) is 0 Å². The summed E-state index contributed by atoms with van der Waals surface area (Å²) in [4.78, 5) is 1.49. The first-order chi connectivity index (χ1) is 8.52. The van der Waals surface area contributed by atoms with Crippen LogP contribution in [0.3, 0.4) is 0 Å². The Morgan fingerprint density at radius 3 is 2.56 bits per heavy atom. The maximum absolute atomic E-state index is 3.65. The van der Waals surface area contributed by atoms with Crippen LogP contribution < -0.4 is 5.32 Å². The SMILES string of the molecule is CNC(c1cc(C)c(Br)s1)C1CCC(C)C(C)C1. The number of hydrogen-bond acceptors (Lipinski definition) is 2. The summed E-state index contributed by atoms with van der Waals surface area (Å²) < 4.78 is 1.29. The zero-order valence-electron chi connectivity index (χ0n) is 11.8. The molecule has 0 bridgehead atoms. The highest BCUT2D eigenvalue weighted by Crippen LogP contribution is 2.42. The molecule has 1 aliphatic rings. The highest BCUT2D eigenvalue weighted by atomic mass is 79.9. The number of nitrogens with one attached hydrogen (secondary N) is 1. The second kappa shape index (κ2) is 6.06. The van der Waals surface area contributed by atoms with Crippen LogP contribution in [-0.4, -0.2) is 7.05 Å². The lowest BCUT2D eigenvalue weighted by molar-refractivity contribution is 0.176. The van der Waals surface area contributed by atoms with E-state index in [0.29, 0.717) is 6.04 Å². The van der Waals surface area contributed by atoms with Gasteiger partial charge in [-0.25, -0.2) is 0 Å². The highest BCUT2D eigenvalue weighted by Gasteiger charge is 2.31. The van der Waals surface area contributed by atoms with Crippen LogP contribution in [0.25, 0.3) is 0 Å². The molecule has 1 saturated carbocycles. The predicted octanol–water partition coefficient (Wildman–Crippen LogP) is 5.15. The van der Waals surface area contributed by atoms with E-state index < -0.39 is 0 Å². The van der Waals surface area contributed by atoms with E-state index in [4.69, 9.17) is 0 Å². The van der Waals surface area contributed by atoms with Crippen molar-refractivity contribution in [3.05, 3.63) is 20.3 Å². The molecule has 0 saturated heterocycles. The zero-order chi connectivity index (χ0) is 13.3. The molecule has 0 radical (unpaired) electrons. The molecular weight excluding hydrogens is 306 g/mol. The first-order valence-corrected chi connectivity index (χ1v) is 8.57. The first kappa shape index (κ1) is 14.5. The van der Waals surface area contributed by atoms with E-state index in [9.17, 15) is 0 Å². The van der Waals surface area contributed by atoms with E-state index >= 15 is 0 Å². The molecule has 2 rings (SSSR count). The third kappa shape index (κ3) is 3.00. The monoisotopic (exact) mass is 329 g/mol. The van der Waals surface area contributed by atoms with Crippen molar-refractivity contribution in [2.45, 2.75) is 46.1 Å². The Hall–Kier alpha value is 0.140. The zero-order valence-corrected chi connectivity index (χ0v) is 14.2. The molecule has 1 aliphatic carbocycles. The average molecular weight is 330 g/mol. The second-order valence-electron chi connectivity index (χ2n) is 5.90. The molecule has 0 amide bonds. The standard InChI is InChI=1S/C15H24BrNS/c1-9-5-6-12(7-10(9)2)14(17-4)13-8-11(3)15(16)18-13/h8-10,12,14,17H,5-7H2,1-4H3. The minimum Gasteiger partial charge on any atom is -0.312 e. The number of halogens is 1. The van der Waals surface area contributed by atoms with Crippen molar-refractivity contribution in [3.8, 4) is 0 Å². The summed E-state index contributed by atoms with van der Waals surface area (Å²) in [5.74, 6) is 2.56. The Morgan fingerprint density at radius 1 is 1.33 bits per heavy atom. The van der Waals surface area contributed by atoms with Gasteiger partial charge in [0, 0.05) is 10.9 Å². The largest absolute Gasteiger partial charge is 0.312 e. The van der Waals surface area contributed by atoms with Crippen molar-refractivity contribution in [2.75, 3.05) is 7.05 Å². The van der Waals surface area contributed by atoms with Gasteiger partial charge in [0.25, 0.3) is 0 Å². The van der Waals surface area contributed by atoms with E-state index in [1.165, 1.54) is 33.5 Å².